The zero-order chi connectivity index (χ0) is 32.1. The number of ether oxygens (including phenoxy) is 3. The highest BCUT2D eigenvalue weighted by Crippen LogP contribution is 2.34. The third-order valence-corrected chi connectivity index (χ3v) is 6.66. The predicted molar refractivity (Wildman–Crippen MR) is 169 cm³/mol. The van der Waals surface area contributed by atoms with Gasteiger partial charge >= 0.3 is 6.09 Å². The number of aryl methyl sites for hydroxylation is 1. The molecule has 2 amide bonds. The smallest absolute Gasteiger partial charge is 0.412 e. The molecule has 0 saturated heterocycles. The number of benzene rings is 3. The molecule has 0 unspecified atom stereocenters. The summed E-state index contributed by atoms with van der Waals surface area (Å²) in [6.07, 6.45) is 2.37. The summed E-state index contributed by atoms with van der Waals surface area (Å²) in [6, 6.07) is 18.8. The number of nitrogens with one attached hydrogen (secondary N) is 2. The number of amides is 2. The van der Waals surface area contributed by atoms with Crippen LogP contribution in [0.3, 0.4) is 0 Å². The fourth-order valence-electron chi connectivity index (χ4n) is 4.49. The zero-order valence-corrected chi connectivity index (χ0v) is 25.5. The first-order valence-corrected chi connectivity index (χ1v) is 14.1. The molecule has 2 aromatic heterocycles. The molecule has 0 radical (unpaired) electrons. The number of rotatable bonds is 8. The molecule has 0 saturated carbocycles. The molecular formula is C34H32FN5O5. The lowest BCUT2D eigenvalue weighted by atomic mass is 10.0. The van der Waals surface area contributed by atoms with E-state index in [4.69, 9.17) is 14.2 Å². The Hall–Kier alpha value is -5.58. The molecule has 5 aromatic rings. The van der Waals surface area contributed by atoms with E-state index in [1.54, 1.807) is 75.4 Å². The Morgan fingerprint density at radius 2 is 1.60 bits per heavy atom. The highest BCUT2D eigenvalue weighted by atomic mass is 19.1. The molecule has 0 fully saturated rings. The summed E-state index contributed by atoms with van der Waals surface area (Å²) >= 11 is 0. The van der Waals surface area contributed by atoms with Crippen LogP contribution in [0.1, 0.15) is 42.4 Å². The lowest BCUT2D eigenvalue weighted by Gasteiger charge is -2.20. The molecule has 0 aliphatic rings. The first kappa shape index (κ1) is 30.9. The lowest BCUT2D eigenvalue weighted by Crippen LogP contribution is -2.27. The minimum absolute atomic E-state index is 0.0886. The number of anilines is 2. The molecular weight excluding hydrogens is 577 g/mol. The van der Waals surface area contributed by atoms with Crippen LogP contribution in [0.25, 0.3) is 22.0 Å². The van der Waals surface area contributed by atoms with Crippen LogP contribution >= 0.6 is 0 Å². The predicted octanol–water partition coefficient (Wildman–Crippen LogP) is 7.33. The Morgan fingerprint density at radius 3 is 2.27 bits per heavy atom. The van der Waals surface area contributed by atoms with Crippen LogP contribution in [0.5, 0.6) is 11.6 Å². The first-order chi connectivity index (χ1) is 21.5. The van der Waals surface area contributed by atoms with Crippen LogP contribution < -0.4 is 20.1 Å². The number of hydrogen-bond donors (Lipinski definition) is 2. The van der Waals surface area contributed by atoms with Gasteiger partial charge in [0.25, 0.3) is 5.91 Å². The largest absolute Gasteiger partial charge is 0.487 e. The Kier molecular flexibility index (Phi) is 8.89. The van der Waals surface area contributed by atoms with Crippen molar-refractivity contribution in [2.75, 3.05) is 17.7 Å². The van der Waals surface area contributed by atoms with Gasteiger partial charge in [0, 0.05) is 28.4 Å². The minimum Gasteiger partial charge on any atom is -0.487 e. The Bertz CT molecular complexity index is 1870. The standard InChI is InChI=1S/C34H32FN5O5/c1-20-25-14-23(24-15-26(35)32(43-5)36-17-24)16-29(30(25)38-19-37-20)44-18-21-10-12-22(13-11-21)31(41)39-27-8-6-7-9-28(27)40-33(42)45-34(2,3)4/h6-17,19H,18H2,1-5H3,(H,39,41)(H,40,42). The number of para-hydroxylation sites is 2. The quantitative estimate of drug-likeness (QED) is 0.187. The van der Waals surface area contributed by atoms with E-state index in [1.165, 1.54) is 25.7 Å². The molecule has 0 atom stereocenters. The average Bonchev–Trinajstić information content (AvgIpc) is 3.00. The number of hydrogen-bond acceptors (Lipinski definition) is 8. The highest BCUT2D eigenvalue weighted by molar-refractivity contribution is 6.06. The van der Waals surface area contributed by atoms with Crippen molar-refractivity contribution in [1.82, 2.24) is 15.0 Å². The second-order valence-corrected chi connectivity index (χ2v) is 11.2. The molecule has 45 heavy (non-hydrogen) atoms. The fourth-order valence-corrected chi connectivity index (χ4v) is 4.49. The van der Waals surface area contributed by atoms with Crippen molar-refractivity contribution in [2.24, 2.45) is 0 Å². The molecule has 0 spiro atoms. The van der Waals surface area contributed by atoms with Crippen LogP contribution in [0, 0.1) is 12.7 Å². The molecule has 10 nitrogen and oxygen atoms in total. The van der Waals surface area contributed by atoms with Gasteiger partial charge in [-0.3, -0.25) is 10.1 Å². The van der Waals surface area contributed by atoms with Gasteiger partial charge in [0.15, 0.2) is 5.82 Å². The Labute approximate surface area is 259 Å². The Morgan fingerprint density at radius 1 is 0.889 bits per heavy atom. The molecule has 2 heterocycles. The van der Waals surface area contributed by atoms with Crippen LogP contribution in [0.15, 0.2) is 79.3 Å². The van der Waals surface area contributed by atoms with Gasteiger partial charge in [-0.1, -0.05) is 24.3 Å². The van der Waals surface area contributed by atoms with E-state index in [-0.39, 0.29) is 18.4 Å². The molecule has 5 rings (SSSR count). The maximum absolute atomic E-state index is 14.4. The number of nitrogens with zero attached hydrogens (tertiary/aromatic N) is 3. The number of methoxy groups -OCH3 is 1. The third kappa shape index (κ3) is 7.50. The van der Waals surface area contributed by atoms with Gasteiger partial charge in [0.05, 0.1) is 18.5 Å². The van der Waals surface area contributed by atoms with Gasteiger partial charge < -0.3 is 19.5 Å². The van der Waals surface area contributed by atoms with Gasteiger partial charge in [-0.05, 0) is 81.3 Å². The Balaban J connectivity index is 1.31. The number of halogens is 1. The van der Waals surface area contributed by atoms with Gasteiger partial charge in [0.2, 0.25) is 5.88 Å². The highest BCUT2D eigenvalue weighted by Gasteiger charge is 2.18. The van der Waals surface area contributed by atoms with Crippen molar-refractivity contribution >= 4 is 34.3 Å². The van der Waals surface area contributed by atoms with Gasteiger partial charge in [-0.25, -0.2) is 24.1 Å². The van der Waals surface area contributed by atoms with Crippen molar-refractivity contribution in [1.29, 1.82) is 0 Å². The summed E-state index contributed by atoms with van der Waals surface area (Å²) in [6.45, 7) is 7.35. The first-order valence-electron chi connectivity index (χ1n) is 14.1. The third-order valence-electron chi connectivity index (χ3n) is 6.66. The number of carbonyl (C=O) groups is 2. The van der Waals surface area contributed by atoms with E-state index in [0.717, 1.165) is 16.6 Å². The zero-order valence-electron chi connectivity index (χ0n) is 25.5. The second-order valence-electron chi connectivity index (χ2n) is 11.2. The molecule has 3 aromatic carbocycles. The lowest BCUT2D eigenvalue weighted by molar-refractivity contribution is 0.0635. The van der Waals surface area contributed by atoms with Crippen molar-refractivity contribution in [3.05, 3.63) is 102 Å². The van der Waals surface area contributed by atoms with Gasteiger partial charge in [0.1, 0.15) is 29.8 Å². The van der Waals surface area contributed by atoms with Crippen molar-refractivity contribution in [3.63, 3.8) is 0 Å². The minimum atomic E-state index is -0.663. The molecule has 11 heteroatoms. The van der Waals surface area contributed by atoms with Crippen molar-refractivity contribution < 1.29 is 28.2 Å². The number of carbonyl (C=O) groups excluding carboxylic acids is 2. The van der Waals surface area contributed by atoms with Crippen molar-refractivity contribution in [2.45, 2.75) is 39.9 Å². The summed E-state index contributed by atoms with van der Waals surface area (Å²) in [5, 5.41) is 6.27. The topological polar surface area (TPSA) is 125 Å². The number of fused-ring (bicyclic) bond motifs is 1. The van der Waals surface area contributed by atoms with Gasteiger partial charge in [-0.2, -0.15) is 0 Å². The van der Waals surface area contributed by atoms with E-state index in [0.29, 0.717) is 39.3 Å². The summed E-state index contributed by atoms with van der Waals surface area (Å²) in [5.41, 5.74) is 3.97. The maximum atomic E-state index is 14.4. The SMILES string of the molecule is COc1ncc(-c2cc(OCc3ccc(C(=O)Nc4ccccc4NC(=O)OC(C)(C)C)cc3)c3ncnc(C)c3c2)cc1F. The molecule has 0 aliphatic carbocycles. The second kappa shape index (κ2) is 13.0. The molecule has 230 valence electrons. The summed E-state index contributed by atoms with van der Waals surface area (Å²) in [7, 11) is 1.36. The van der Waals surface area contributed by atoms with E-state index < -0.39 is 17.5 Å². The summed E-state index contributed by atoms with van der Waals surface area (Å²) in [5.74, 6) is -0.535. The summed E-state index contributed by atoms with van der Waals surface area (Å²) in [4.78, 5) is 38.1. The van der Waals surface area contributed by atoms with E-state index in [2.05, 4.69) is 25.6 Å². The number of aromatic nitrogens is 3. The molecule has 2 N–H and O–H groups in total. The van der Waals surface area contributed by atoms with E-state index >= 15 is 0 Å². The maximum Gasteiger partial charge on any atom is 0.412 e. The van der Waals surface area contributed by atoms with E-state index in [9.17, 15) is 14.0 Å². The van der Waals surface area contributed by atoms with Crippen LogP contribution in [0.2, 0.25) is 0 Å². The molecule has 0 aliphatic heterocycles. The normalized spacial score (nSPS) is 11.2. The van der Waals surface area contributed by atoms with Crippen molar-refractivity contribution in [3.8, 4) is 22.8 Å². The van der Waals surface area contributed by atoms with E-state index in [1.807, 2.05) is 13.0 Å². The summed E-state index contributed by atoms with van der Waals surface area (Å²) < 4.78 is 30.9. The van der Waals surface area contributed by atoms with Gasteiger partial charge in [-0.15, -0.1) is 0 Å². The van der Waals surface area contributed by atoms with Crippen LogP contribution in [-0.2, 0) is 11.3 Å². The molecule has 0 bridgehead atoms. The fraction of sp³-hybridized carbons (Fsp3) is 0.206. The monoisotopic (exact) mass is 609 g/mol. The van der Waals surface area contributed by atoms with Crippen LogP contribution in [-0.4, -0.2) is 39.7 Å². The average molecular weight is 610 g/mol. The van der Waals surface area contributed by atoms with Crippen LogP contribution in [0.4, 0.5) is 20.6 Å². The number of pyridine rings is 1.